The molecule has 0 spiro atoms. The van der Waals surface area contributed by atoms with E-state index in [0.717, 1.165) is 27.4 Å². The fourth-order valence-electron chi connectivity index (χ4n) is 2.31. The van der Waals surface area contributed by atoms with Gasteiger partial charge in [-0.25, -0.2) is 0 Å². The van der Waals surface area contributed by atoms with Crippen molar-refractivity contribution in [1.29, 1.82) is 0 Å². The number of carbonyl (C=O) groups is 1. The molecule has 3 nitrogen and oxygen atoms in total. The van der Waals surface area contributed by atoms with Crippen molar-refractivity contribution >= 4 is 28.6 Å². The van der Waals surface area contributed by atoms with Gasteiger partial charge in [0.25, 0.3) is 5.91 Å². The summed E-state index contributed by atoms with van der Waals surface area (Å²) in [5, 5.41) is 2.00. The average Bonchev–Trinajstić information content (AvgIpc) is 3.05. The van der Waals surface area contributed by atoms with Crippen LogP contribution in [-0.4, -0.2) is 13.0 Å². The van der Waals surface area contributed by atoms with Crippen molar-refractivity contribution in [3.63, 3.8) is 0 Å². The molecular formula is C19H18N2OS. The van der Waals surface area contributed by atoms with E-state index in [0.29, 0.717) is 5.56 Å². The van der Waals surface area contributed by atoms with Crippen LogP contribution in [0, 0.1) is 6.92 Å². The van der Waals surface area contributed by atoms with Crippen LogP contribution in [0.15, 0.2) is 60.0 Å². The monoisotopic (exact) mass is 322 g/mol. The Hall–Kier alpha value is -2.59. The first-order chi connectivity index (χ1) is 11.0. The van der Waals surface area contributed by atoms with Gasteiger partial charge < -0.3 is 10.6 Å². The van der Waals surface area contributed by atoms with Gasteiger partial charge in [0.15, 0.2) is 0 Å². The SMILES string of the molecule is Cc1ccc(C(=O)N(C)c2csc(-c3ccc(N)cc3)c2)cc1. The highest BCUT2D eigenvalue weighted by Gasteiger charge is 2.15. The van der Waals surface area contributed by atoms with E-state index in [9.17, 15) is 4.79 Å². The number of anilines is 2. The Morgan fingerprint density at radius 2 is 1.70 bits per heavy atom. The fraction of sp³-hybridized carbons (Fsp3) is 0.105. The lowest BCUT2D eigenvalue weighted by Crippen LogP contribution is -2.25. The van der Waals surface area contributed by atoms with Crippen LogP contribution < -0.4 is 10.6 Å². The van der Waals surface area contributed by atoms with Gasteiger partial charge in [-0.2, -0.15) is 0 Å². The van der Waals surface area contributed by atoms with E-state index in [1.54, 1.807) is 23.3 Å². The molecule has 0 aliphatic carbocycles. The molecule has 0 saturated heterocycles. The molecule has 2 N–H and O–H groups in total. The first-order valence-corrected chi connectivity index (χ1v) is 8.22. The first kappa shape index (κ1) is 15.3. The van der Waals surface area contributed by atoms with Crippen molar-refractivity contribution in [3.8, 4) is 10.4 Å². The van der Waals surface area contributed by atoms with E-state index in [1.807, 2.05) is 66.9 Å². The molecule has 3 aromatic rings. The van der Waals surface area contributed by atoms with Crippen LogP contribution in [0.3, 0.4) is 0 Å². The summed E-state index contributed by atoms with van der Waals surface area (Å²) < 4.78 is 0. The standard InChI is InChI=1S/C19H18N2OS/c1-13-3-5-15(6-4-13)19(22)21(2)17-11-18(23-12-17)14-7-9-16(20)10-8-14/h3-12H,20H2,1-2H3. The van der Waals surface area contributed by atoms with Crippen LogP contribution in [0.1, 0.15) is 15.9 Å². The summed E-state index contributed by atoms with van der Waals surface area (Å²) in [5.41, 5.74) is 10.3. The molecular weight excluding hydrogens is 304 g/mol. The molecule has 116 valence electrons. The van der Waals surface area contributed by atoms with E-state index >= 15 is 0 Å². The molecule has 0 radical (unpaired) electrons. The number of nitrogen functional groups attached to an aromatic ring is 1. The molecule has 0 unspecified atom stereocenters. The number of hydrogen-bond acceptors (Lipinski definition) is 3. The summed E-state index contributed by atoms with van der Waals surface area (Å²) in [6.45, 7) is 2.01. The maximum absolute atomic E-state index is 12.6. The highest BCUT2D eigenvalue weighted by atomic mass is 32.1. The van der Waals surface area contributed by atoms with E-state index in [1.165, 1.54) is 0 Å². The van der Waals surface area contributed by atoms with E-state index < -0.39 is 0 Å². The molecule has 4 heteroatoms. The number of nitrogens with zero attached hydrogens (tertiary/aromatic N) is 1. The Balaban J connectivity index is 1.83. The van der Waals surface area contributed by atoms with Crippen molar-refractivity contribution < 1.29 is 4.79 Å². The van der Waals surface area contributed by atoms with Crippen LogP contribution in [0.4, 0.5) is 11.4 Å². The smallest absolute Gasteiger partial charge is 0.258 e. The third kappa shape index (κ3) is 3.27. The van der Waals surface area contributed by atoms with Gasteiger partial charge >= 0.3 is 0 Å². The highest BCUT2D eigenvalue weighted by Crippen LogP contribution is 2.32. The van der Waals surface area contributed by atoms with E-state index in [4.69, 9.17) is 5.73 Å². The topological polar surface area (TPSA) is 46.3 Å². The zero-order chi connectivity index (χ0) is 16.4. The quantitative estimate of drug-likeness (QED) is 0.717. The summed E-state index contributed by atoms with van der Waals surface area (Å²) in [6, 6.07) is 17.4. The summed E-state index contributed by atoms with van der Waals surface area (Å²) in [4.78, 5) is 15.4. The van der Waals surface area contributed by atoms with Crippen LogP contribution in [0.2, 0.25) is 0 Å². The number of rotatable bonds is 3. The number of aryl methyl sites for hydroxylation is 1. The second-order valence-electron chi connectivity index (χ2n) is 5.52. The minimum absolute atomic E-state index is 0.00773. The molecule has 0 atom stereocenters. The predicted molar refractivity (Wildman–Crippen MR) is 98.1 cm³/mol. The summed E-state index contributed by atoms with van der Waals surface area (Å²) in [7, 11) is 1.80. The molecule has 0 aliphatic heterocycles. The second-order valence-corrected chi connectivity index (χ2v) is 6.43. The lowest BCUT2D eigenvalue weighted by molar-refractivity contribution is 0.0993. The molecule has 3 rings (SSSR count). The second kappa shape index (κ2) is 6.26. The van der Waals surface area contributed by atoms with Gasteiger partial charge in [0.2, 0.25) is 0 Å². The average molecular weight is 322 g/mol. The fourth-order valence-corrected chi connectivity index (χ4v) is 3.24. The van der Waals surface area contributed by atoms with Gasteiger partial charge in [-0.05, 0) is 42.8 Å². The third-order valence-corrected chi connectivity index (χ3v) is 4.74. The molecule has 2 aromatic carbocycles. The van der Waals surface area contributed by atoms with Crippen molar-refractivity contribution in [2.75, 3.05) is 17.7 Å². The minimum atomic E-state index is -0.00773. The Kier molecular flexibility index (Phi) is 4.17. The lowest BCUT2D eigenvalue weighted by atomic mass is 10.1. The van der Waals surface area contributed by atoms with Crippen LogP contribution in [0.25, 0.3) is 10.4 Å². The molecule has 0 aliphatic rings. The van der Waals surface area contributed by atoms with Gasteiger partial charge in [0.05, 0.1) is 5.69 Å². The predicted octanol–water partition coefficient (Wildman–Crippen LogP) is 4.58. The van der Waals surface area contributed by atoms with Crippen molar-refractivity contribution in [3.05, 3.63) is 71.1 Å². The minimum Gasteiger partial charge on any atom is -0.399 e. The molecule has 23 heavy (non-hydrogen) atoms. The third-order valence-electron chi connectivity index (χ3n) is 3.77. The van der Waals surface area contributed by atoms with Crippen molar-refractivity contribution in [2.24, 2.45) is 0 Å². The number of carbonyl (C=O) groups excluding carboxylic acids is 1. The lowest BCUT2D eigenvalue weighted by Gasteiger charge is -2.15. The number of hydrogen-bond donors (Lipinski definition) is 1. The first-order valence-electron chi connectivity index (χ1n) is 7.34. The Morgan fingerprint density at radius 3 is 2.35 bits per heavy atom. The number of benzene rings is 2. The van der Waals surface area contributed by atoms with Crippen LogP contribution in [-0.2, 0) is 0 Å². The molecule has 1 heterocycles. The van der Waals surface area contributed by atoms with Crippen molar-refractivity contribution in [1.82, 2.24) is 0 Å². The van der Waals surface area contributed by atoms with Gasteiger partial charge in [-0.15, -0.1) is 11.3 Å². The van der Waals surface area contributed by atoms with Crippen LogP contribution >= 0.6 is 11.3 Å². The largest absolute Gasteiger partial charge is 0.399 e. The number of thiophene rings is 1. The Bertz CT molecular complexity index is 819. The summed E-state index contributed by atoms with van der Waals surface area (Å²) in [5.74, 6) is -0.00773. The normalized spacial score (nSPS) is 10.5. The van der Waals surface area contributed by atoms with Gasteiger partial charge in [-0.3, -0.25) is 4.79 Å². The van der Waals surface area contributed by atoms with Crippen LogP contribution in [0.5, 0.6) is 0 Å². The van der Waals surface area contributed by atoms with Crippen molar-refractivity contribution in [2.45, 2.75) is 6.92 Å². The zero-order valence-electron chi connectivity index (χ0n) is 13.1. The van der Waals surface area contributed by atoms with Gasteiger partial charge in [0, 0.05) is 28.6 Å². The zero-order valence-corrected chi connectivity index (χ0v) is 13.9. The molecule has 1 aromatic heterocycles. The van der Waals surface area contributed by atoms with E-state index in [2.05, 4.69) is 0 Å². The molecule has 0 bridgehead atoms. The van der Waals surface area contributed by atoms with Gasteiger partial charge in [-0.1, -0.05) is 29.8 Å². The highest BCUT2D eigenvalue weighted by molar-refractivity contribution is 7.14. The summed E-state index contributed by atoms with van der Waals surface area (Å²) >= 11 is 1.62. The maximum atomic E-state index is 12.6. The summed E-state index contributed by atoms with van der Waals surface area (Å²) in [6.07, 6.45) is 0. The number of nitrogens with two attached hydrogens (primary N) is 1. The Labute approximate surface area is 140 Å². The molecule has 0 fully saturated rings. The Morgan fingerprint density at radius 1 is 1.04 bits per heavy atom. The molecule has 0 saturated carbocycles. The van der Waals surface area contributed by atoms with E-state index in [-0.39, 0.29) is 5.91 Å². The maximum Gasteiger partial charge on any atom is 0.258 e. The number of amides is 1. The molecule has 1 amide bonds. The van der Waals surface area contributed by atoms with Gasteiger partial charge in [0.1, 0.15) is 0 Å².